The third-order valence-corrected chi connectivity index (χ3v) is 6.12. The van der Waals surface area contributed by atoms with Gasteiger partial charge in [-0.25, -0.2) is 0 Å². The van der Waals surface area contributed by atoms with Crippen LogP contribution in [0.4, 0.5) is 0 Å². The molecule has 0 saturated carbocycles. The van der Waals surface area contributed by atoms with E-state index in [1.165, 1.54) is 14.2 Å². The van der Waals surface area contributed by atoms with Gasteiger partial charge in [-0.3, -0.25) is 4.79 Å². The second kappa shape index (κ2) is 13.6. The molecule has 0 aromatic heterocycles. The molecule has 3 atom stereocenters. The van der Waals surface area contributed by atoms with Crippen LogP contribution < -0.4 is 47.8 Å². The standard InChI is InChI=1S/C24H33O6P.Li/c1-8-15(3)29-17-10-11-22(19(12-17)30-16(4)9-2)31-24(25)23-20(27-6)13-18(26-5)14-21(23)28-7;/h10-16,31H,8-9H2,1-7H3;/q;+1. The maximum Gasteiger partial charge on any atom is 1.00 e. The monoisotopic (exact) mass is 455 g/mol. The number of hydrogen-bond donors (Lipinski definition) is 0. The fourth-order valence-corrected chi connectivity index (χ4v) is 3.84. The largest absolute Gasteiger partial charge is 1.00 e. The maximum absolute atomic E-state index is 13.3. The summed E-state index contributed by atoms with van der Waals surface area (Å²) in [6.45, 7) is 8.17. The molecule has 2 rings (SSSR count). The molecular formula is C24H33LiO6P+. The molecule has 3 unspecified atom stereocenters. The topological polar surface area (TPSA) is 63.2 Å². The molecule has 0 N–H and O–H groups in total. The average Bonchev–Trinajstić information content (AvgIpc) is 2.79. The van der Waals surface area contributed by atoms with Crippen molar-refractivity contribution in [3.05, 3.63) is 35.9 Å². The predicted octanol–water partition coefficient (Wildman–Crippen LogP) is 2.22. The zero-order valence-corrected chi connectivity index (χ0v) is 21.4. The fraction of sp³-hybridized carbons (Fsp3) is 0.458. The van der Waals surface area contributed by atoms with E-state index >= 15 is 0 Å². The molecule has 0 radical (unpaired) electrons. The van der Waals surface area contributed by atoms with Gasteiger partial charge in [-0.1, -0.05) is 13.8 Å². The molecule has 170 valence electrons. The van der Waals surface area contributed by atoms with Crippen LogP contribution in [0.3, 0.4) is 0 Å². The summed E-state index contributed by atoms with van der Waals surface area (Å²) in [5.74, 6) is 2.77. The number of carbonyl (C=O) groups excluding carboxylic acids is 1. The molecular weight excluding hydrogens is 422 g/mol. The Balaban J connectivity index is 0.00000512. The Morgan fingerprint density at radius 2 is 1.34 bits per heavy atom. The van der Waals surface area contributed by atoms with E-state index in [1.54, 1.807) is 19.2 Å². The fourth-order valence-electron chi connectivity index (χ4n) is 2.81. The quantitative estimate of drug-likeness (QED) is 0.361. The van der Waals surface area contributed by atoms with Gasteiger partial charge in [-0.05, 0) is 47.4 Å². The van der Waals surface area contributed by atoms with Gasteiger partial charge in [-0.15, -0.1) is 0 Å². The van der Waals surface area contributed by atoms with Crippen molar-refractivity contribution in [1.82, 2.24) is 0 Å². The van der Waals surface area contributed by atoms with Crippen LogP contribution in [0.15, 0.2) is 30.3 Å². The molecule has 0 fully saturated rings. The number of rotatable bonds is 12. The summed E-state index contributed by atoms with van der Waals surface area (Å²) < 4.78 is 28.3. The van der Waals surface area contributed by atoms with Crippen molar-refractivity contribution < 1.29 is 47.3 Å². The van der Waals surface area contributed by atoms with Crippen LogP contribution in [-0.2, 0) is 0 Å². The molecule has 6 nitrogen and oxygen atoms in total. The van der Waals surface area contributed by atoms with Gasteiger partial charge in [-0.2, -0.15) is 0 Å². The summed E-state index contributed by atoms with van der Waals surface area (Å²) in [5.41, 5.74) is 0.277. The van der Waals surface area contributed by atoms with Crippen LogP contribution in [0, 0.1) is 0 Å². The maximum atomic E-state index is 13.3. The van der Waals surface area contributed by atoms with Crippen molar-refractivity contribution in [2.75, 3.05) is 21.3 Å². The van der Waals surface area contributed by atoms with Gasteiger partial charge < -0.3 is 23.7 Å². The number of ether oxygens (including phenoxy) is 5. The van der Waals surface area contributed by atoms with E-state index in [-0.39, 0.29) is 45.2 Å². The van der Waals surface area contributed by atoms with Gasteiger partial charge in [0.05, 0.1) is 33.5 Å². The van der Waals surface area contributed by atoms with E-state index in [9.17, 15) is 4.79 Å². The van der Waals surface area contributed by atoms with Gasteiger partial charge in [0, 0.05) is 23.5 Å². The second-order valence-corrected chi connectivity index (χ2v) is 8.44. The zero-order chi connectivity index (χ0) is 23.0. The first-order valence-electron chi connectivity index (χ1n) is 10.4. The average molecular weight is 455 g/mol. The van der Waals surface area contributed by atoms with E-state index in [0.29, 0.717) is 28.6 Å². The molecule has 0 spiro atoms. The SMILES string of the molecule is CCC(C)Oc1ccc(PC(=O)c2c(OC)cc(OC)cc2OC)c(OC(C)CC)c1.[Li+]. The number of methoxy groups -OCH3 is 3. The molecule has 0 bridgehead atoms. The van der Waals surface area contributed by atoms with Gasteiger partial charge in [0.15, 0.2) is 5.52 Å². The first kappa shape index (κ1) is 28.2. The predicted molar refractivity (Wildman–Crippen MR) is 126 cm³/mol. The van der Waals surface area contributed by atoms with Crippen molar-refractivity contribution in [2.24, 2.45) is 0 Å². The summed E-state index contributed by atoms with van der Waals surface area (Å²) in [6.07, 6.45) is 1.87. The van der Waals surface area contributed by atoms with Crippen LogP contribution in [0.1, 0.15) is 50.9 Å². The zero-order valence-electron chi connectivity index (χ0n) is 20.4. The van der Waals surface area contributed by atoms with E-state index in [4.69, 9.17) is 23.7 Å². The minimum Gasteiger partial charge on any atom is -0.496 e. The van der Waals surface area contributed by atoms with Crippen molar-refractivity contribution >= 4 is 19.4 Å². The molecule has 2 aromatic carbocycles. The minimum absolute atomic E-state index is 0. The van der Waals surface area contributed by atoms with Crippen LogP contribution in [0.2, 0.25) is 0 Å². The summed E-state index contributed by atoms with van der Waals surface area (Å²) in [5, 5.41) is 0.807. The Hall–Kier alpha value is -1.86. The Bertz CT molecular complexity index is 864. The van der Waals surface area contributed by atoms with E-state index < -0.39 is 0 Å². The molecule has 8 heteroatoms. The summed E-state index contributed by atoms with van der Waals surface area (Å²) in [4.78, 5) is 13.3. The molecule has 32 heavy (non-hydrogen) atoms. The van der Waals surface area contributed by atoms with Gasteiger partial charge >= 0.3 is 18.9 Å². The normalized spacial score (nSPS) is 12.6. The van der Waals surface area contributed by atoms with Crippen LogP contribution in [-0.4, -0.2) is 39.1 Å². The second-order valence-electron chi connectivity index (χ2n) is 7.19. The Morgan fingerprint density at radius 1 is 0.812 bits per heavy atom. The molecule has 0 amide bonds. The van der Waals surface area contributed by atoms with Crippen LogP contribution in [0.25, 0.3) is 0 Å². The van der Waals surface area contributed by atoms with Crippen molar-refractivity contribution in [2.45, 2.75) is 52.7 Å². The molecule has 0 saturated heterocycles. The Morgan fingerprint density at radius 3 is 1.84 bits per heavy atom. The summed E-state index contributed by atoms with van der Waals surface area (Å²) in [7, 11) is 4.42. The van der Waals surface area contributed by atoms with Crippen LogP contribution in [0.5, 0.6) is 28.7 Å². The number of benzene rings is 2. The van der Waals surface area contributed by atoms with E-state index in [1.807, 2.05) is 32.0 Å². The molecule has 0 aliphatic carbocycles. The number of hydrogen-bond acceptors (Lipinski definition) is 6. The van der Waals surface area contributed by atoms with E-state index in [0.717, 1.165) is 23.9 Å². The third kappa shape index (κ3) is 7.34. The van der Waals surface area contributed by atoms with Gasteiger partial charge in [0.1, 0.15) is 34.3 Å². The molecule has 2 aromatic rings. The summed E-state index contributed by atoms with van der Waals surface area (Å²) in [6, 6.07) is 9.01. The first-order chi connectivity index (χ1) is 14.9. The third-order valence-electron chi connectivity index (χ3n) is 4.96. The minimum atomic E-state index is -0.176. The molecule has 0 heterocycles. The first-order valence-corrected chi connectivity index (χ1v) is 11.4. The van der Waals surface area contributed by atoms with Gasteiger partial charge in [0.2, 0.25) is 0 Å². The Kier molecular flexibility index (Phi) is 12.0. The number of carbonyl (C=O) groups is 1. The van der Waals surface area contributed by atoms with Crippen molar-refractivity contribution in [3.8, 4) is 28.7 Å². The van der Waals surface area contributed by atoms with Crippen molar-refractivity contribution in [3.63, 3.8) is 0 Å². The summed E-state index contributed by atoms with van der Waals surface area (Å²) >= 11 is 0. The molecule has 0 aliphatic rings. The Labute approximate surface area is 205 Å². The van der Waals surface area contributed by atoms with Crippen molar-refractivity contribution in [1.29, 1.82) is 0 Å². The van der Waals surface area contributed by atoms with Gasteiger partial charge in [0.25, 0.3) is 0 Å². The van der Waals surface area contributed by atoms with E-state index in [2.05, 4.69) is 13.8 Å². The molecule has 0 aliphatic heterocycles. The smallest absolute Gasteiger partial charge is 0.496 e. The van der Waals surface area contributed by atoms with Crippen LogP contribution >= 0.6 is 8.58 Å².